The van der Waals surface area contributed by atoms with Crippen LogP contribution in [-0.2, 0) is 9.84 Å². The average molecular weight is 357 g/mol. The minimum Gasteiger partial charge on any atom is -0.497 e. The molecule has 2 aromatic carbocycles. The largest absolute Gasteiger partial charge is 0.497 e. The summed E-state index contributed by atoms with van der Waals surface area (Å²) in [5.74, 6) is 0.318. The molecule has 0 aromatic heterocycles. The van der Waals surface area contributed by atoms with Crippen molar-refractivity contribution in [2.24, 2.45) is 0 Å². The lowest BCUT2D eigenvalue weighted by Gasteiger charge is -2.28. The Kier molecular flexibility index (Phi) is 4.63. The fourth-order valence-corrected chi connectivity index (χ4v) is 4.11. The minimum atomic E-state index is -3.28. The number of amides is 1. The average Bonchev–Trinajstić information content (AvgIpc) is 2.95. The van der Waals surface area contributed by atoms with Gasteiger partial charge in [-0.1, -0.05) is 17.7 Å². The van der Waals surface area contributed by atoms with Gasteiger partial charge in [0.1, 0.15) is 5.75 Å². The molecule has 0 unspecified atom stereocenters. The van der Waals surface area contributed by atoms with Crippen molar-refractivity contribution >= 4 is 21.4 Å². The van der Waals surface area contributed by atoms with Gasteiger partial charge in [-0.25, -0.2) is 8.42 Å². The second kappa shape index (κ2) is 6.72. The molecule has 6 heteroatoms. The highest BCUT2D eigenvalue weighted by Crippen LogP contribution is 2.27. The third-order valence-electron chi connectivity index (χ3n) is 4.08. The highest BCUT2D eigenvalue weighted by molar-refractivity contribution is 7.94. The molecule has 2 aromatic rings. The number of anilines is 1. The van der Waals surface area contributed by atoms with Gasteiger partial charge < -0.3 is 9.64 Å². The Balaban J connectivity index is 2.02. The van der Waals surface area contributed by atoms with E-state index in [0.29, 0.717) is 17.0 Å². The van der Waals surface area contributed by atoms with E-state index in [9.17, 15) is 13.2 Å². The van der Waals surface area contributed by atoms with E-state index >= 15 is 0 Å². The van der Waals surface area contributed by atoms with Crippen LogP contribution in [0.3, 0.4) is 0 Å². The maximum absolute atomic E-state index is 13.1. The Morgan fingerprint density at radius 1 is 1.16 bits per heavy atom. The van der Waals surface area contributed by atoms with Crippen LogP contribution in [0.2, 0.25) is 0 Å². The van der Waals surface area contributed by atoms with E-state index in [2.05, 4.69) is 0 Å². The van der Waals surface area contributed by atoms with Crippen LogP contribution in [0.5, 0.6) is 5.75 Å². The lowest BCUT2D eigenvalue weighted by Crippen LogP contribution is -2.41. The van der Waals surface area contributed by atoms with Crippen LogP contribution in [0.25, 0.3) is 0 Å². The molecule has 1 atom stereocenters. The molecule has 0 radical (unpaired) electrons. The molecule has 1 aliphatic rings. The van der Waals surface area contributed by atoms with Gasteiger partial charge in [0, 0.05) is 16.7 Å². The third kappa shape index (κ3) is 3.74. The summed E-state index contributed by atoms with van der Waals surface area (Å²) < 4.78 is 28.8. The number of aryl methyl sites for hydroxylation is 1. The zero-order valence-electron chi connectivity index (χ0n) is 14.0. The molecule has 0 saturated carbocycles. The van der Waals surface area contributed by atoms with Crippen molar-refractivity contribution in [3.05, 3.63) is 71.1 Å². The second-order valence-corrected chi connectivity index (χ2v) is 7.90. The summed E-state index contributed by atoms with van der Waals surface area (Å²) >= 11 is 0. The molecule has 1 aliphatic heterocycles. The molecule has 130 valence electrons. The van der Waals surface area contributed by atoms with Crippen LogP contribution >= 0.6 is 0 Å². The van der Waals surface area contributed by atoms with Crippen molar-refractivity contribution in [2.45, 2.75) is 13.0 Å². The van der Waals surface area contributed by atoms with Crippen molar-refractivity contribution in [3.63, 3.8) is 0 Å². The van der Waals surface area contributed by atoms with Crippen molar-refractivity contribution < 1.29 is 17.9 Å². The van der Waals surface area contributed by atoms with Crippen LogP contribution in [0.15, 0.2) is 60.0 Å². The molecule has 0 bridgehead atoms. The molecule has 25 heavy (non-hydrogen) atoms. The van der Waals surface area contributed by atoms with Crippen molar-refractivity contribution in [3.8, 4) is 5.75 Å². The summed E-state index contributed by atoms with van der Waals surface area (Å²) in [6.07, 6.45) is 1.56. The normalized spacial score (nSPS) is 18.1. The number of sulfone groups is 1. The summed E-state index contributed by atoms with van der Waals surface area (Å²) in [6.45, 7) is 1.91. The van der Waals surface area contributed by atoms with Crippen molar-refractivity contribution in [1.82, 2.24) is 0 Å². The zero-order chi connectivity index (χ0) is 18.0. The zero-order valence-corrected chi connectivity index (χ0v) is 14.9. The Hall–Kier alpha value is -2.60. The summed E-state index contributed by atoms with van der Waals surface area (Å²) in [6, 6.07) is 13.7. The number of hydrogen-bond donors (Lipinski definition) is 0. The summed E-state index contributed by atoms with van der Waals surface area (Å²) in [5.41, 5.74) is 2.11. The standard InChI is InChI=1S/C19H19NO4S/c1-14-4-3-5-15(12-14)19(21)20(17-10-11-25(22,23)13-17)16-6-8-18(24-2)9-7-16/h3-12,17H,13H2,1-2H3/t17-/m1/s1. The van der Waals surface area contributed by atoms with E-state index in [1.54, 1.807) is 49.6 Å². The number of nitrogens with zero attached hydrogens (tertiary/aromatic N) is 1. The van der Waals surface area contributed by atoms with Gasteiger partial charge in [-0.3, -0.25) is 4.79 Å². The topological polar surface area (TPSA) is 63.7 Å². The van der Waals surface area contributed by atoms with Crippen LogP contribution in [0.1, 0.15) is 15.9 Å². The number of methoxy groups -OCH3 is 1. The molecule has 0 spiro atoms. The fourth-order valence-electron chi connectivity index (χ4n) is 2.84. The molecular weight excluding hydrogens is 338 g/mol. The first-order chi connectivity index (χ1) is 11.9. The van der Waals surface area contributed by atoms with Gasteiger partial charge in [0.2, 0.25) is 0 Å². The molecule has 0 saturated heterocycles. The molecular formula is C19H19NO4S. The Morgan fingerprint density at radius 3 is 2.44 bits per heavy atom. The van der Waals surface area contributed by atoms with Gasteiger partial charge in [0.15, 0.2) is 9.84 Å². The van der Waals surface area contributed by atoms with Gasteiger partial charge in [-0.15, -0.1) is 0 Å². The maximum Gasteiger partial charge on any atom is 0.258 e. The van der Waals surface area contributed by atoms with E-state index in [-0.39, 0.29) is 11.7 Å². The molecule has 1 amide bonds. The monoisotopic (exact) mass is 357 g/mol. The lowest BCUT2D eigenvalue weighted by atomic mass is 10.1. The first kappa shape index (κ1) is 17.2. The molecule has 0 aliphatic carbocycles. The Morgan fingerprint density at radius 2 is 1.88 bits per heavy atom. The summed E-state index contributed by atoms with van der Waals surface area (Å²) in [5, 5.41) is 1.18. The Bertz CT molecular complexity index is 917. The van der Waals surface area contributed by atoms with E-state index in [1.807, 2.05) is 19.1 Å². The SMILES string of the molecule is COc1ccc(N(C(=O)c2cccc(C)c2)[C@@H]2C=CS(=O)(=O)C2)cc1. The molecule has 0 fully saturated rings. The summed E-state index contributed by atoms with van der Waals surface area (Å²) in [4.78, 5) is 14.6. The van der Waals surface area contributed by atoms with E-state index in [0.717, 1.165) is 5.56 Å². The van der Waals surface area contributed by atoms with Gasteiger partial charge >= 0.3 is 0 Å². The number of rotatable bonds is 4. The number of benzene rings is 2. The fraction of sp³-hybridized carbons (Fsp3) is 0.211. The highest BCUT2D eigenvalue weighted by Gasteiger charge is 2.32. The van der Waals surface area contributed by atoms with Gasteiger partial charge in [-0.2, -0.15) is 0 Å². The lowest BCUT2D eigenvalue weighted by molar-refractivity contribution is 0.0983. The predicted molar refractivity (Wildman–Crippen MR) is 97.7 cm³/mol. The molecule has 1 heterocycles. The van der Waals surface area contributed by atoms with E-state index in [1.165, 1.54) is 10.3 Å². The molecule has 0 N–H and O–H groups in total. The first-order valence-electron chi connectivity index (χ1n) is 7.85. The van der Waals surface area contributed by atoms with Crippen molar-refractivity contribution in [1.29, 1.82) is 0 Å². The number of carbonyl (C=O) groups excluding carboxylic acids is 1. The number of hydrogen-bond acceptors (Lipinski definition) is 4. The maximum atomic E-state index is 13.1. The van der Waals surface area contributed by atoms with Crippen LogP contribution in [0, 0.1) is 6.92 Å². The van der Waals surface area contributed by atoms with Gasteiger partial charge in [0.25, 0.3) is 5.91 Å². The van der Waals surface area contributed by atoms with E-state index in [4.69, 9.17) is 4.74 Å². The van der Waals surface area contributed by atoms with Crippen LogP contribution < -0.4 is 9.64 Å². The first-order valence-corrected chi connectivity index (χ1v) is 9.56. The number of ether oxygens (including phenoxy) is 1. The predicted octanol–water partition coefficient (Wildman–Crippen LogP) is 2.96. The Labute approximate surface area is 147 Å². The van der Waals surface area contributed by atoms with E-state index < -0.39 is 15.9 Å². The molecule has 5 nitrogen and oxygen atoms in total. The quantitative estimate of drug-likeness (QED) is 0.844. The third-order valence-corrected chi connectivity index (χ3v) is 5.46. The molecule has 3 rings (SSSR count). The van der Waals surface area contributed by atoms with Gasteiger partial charge in [0.05, 0.1) is 18.9 Å². The smallest absolute Gasteiger partial charge is 0.258 e. The minimum absolute atomic E-state index is 0.114. The van der Waals surface area contributed by atoms with Gasteiger partial charge in [-0.05, 0) is 49.4 Å². The highest BCUT2D eigenvalue weighted by atomic mass is 32.2. The van der Waals surface area contributed by atoms with Crippen LogP contribution in [0.4, 0.5) is 5.69 Å². The van der Waals surface area contributed by atoms with Crippen molar-refractivity contribution in [2.75, 3.05) is 17.8 Å². The summed E-state index contributed by atoms with van der Waals surface area (Å²) in [7, 11) is -1.72. The second-order valence-electron chi connectivity index (χ2n) is 5.97. The van der Waals surface area contributed by atoms with Crippen LogP contribution in [-0.4, -0.2) is 33.2 Å². The number of carbonyl (C=O) groups is 1.